The van der Waals surface area contributed by atoms with E-state index in [2.05, 4.69) is 10.6 Å². The number of amides is 1. The summed E-state index contributed by atoms with van der Waals surface area (Å²) in [6, 6.07) is 5.05. The minimum absolute atomic E-state index is 0.0633. The van der Waals surface area contributed by atoms with Crippen LogP contribution in [-0.4, -0.2) is 39.2 Å². The molecule has 0 aliphatic carbocycles. The number of benzene rings is 1. The van der Waals surface area contributed by atoms with Gasteiger partial charge in [0.25, 0.3) is 0 Å². The van der Waals surface area contributed by atoms with Gasteiger partial charge in [0.05, 0.1) is 11.3 Å². The normalized spacial score (nSPS) is 13.1. The highest BCUT2D eigenvalue weighted by Gasteiger charge is 2.26. The number of hydrogen-bond donors (Lipinski definition) is 2. The van der Waals surface area contributed by atoms with Crippen LogP contribution in [0.5, 0.6) is 0 Å². The maximum Gasteiger partial charge on any atom is 0.341 e. The number of halogens is 2. The molecule has 124 valence electrons. The average Bonchev–Trinajstić information content (AvgIpc) is 2.46. The smallest absolute Gasteiger partial charge is 0.341 e. The maximum absolute atomic E-state index is 12.4. The number of sulfone groups is 1. The zero-order chi connectivity index (χ0) is 16.8. The molecule has 0 spiro atoms. The Morgan fingerprint density at radius 2 is 1.82 bits per heavy atom. The van der Waals surface area contributed by atoms with E-state index in [0.29, 0.717) is 12.1 Å². The van der Waals surface area contributed by atoms with Crippen molar-refractivity contribution in [3.8, 4) is 0 Å². The Kier molecular flexibility index (Phi) is 6.89. The summed E-state index contributed by atoms with van der Waals surface area (Å²) in [5, 5.41) is 5.89. The van der Waals surface area contributed by atoms with E-state index in [1.807, 2.05) is 13.8 Å². The lowest BCUT2D eigenvalue weighted by Crippen LogP contribution is -2.39. The monoisotopic (exact) mass is 334 g/mol. The molecule has 1 atom stereocenters. The van der Waals surface area contributed by atoms with Gasteiger partial charge in [0.15, 0.2) is 0 Å². The Bertz CT molecular complexity index is 589. The summed E-state index contributed by atoms with van der Waals surface area (Å²) in [5.74, 6) is -3.66. The van der Waals surface area contributed by atoms with E-state index in [-0.39, 0.29) is 18.4 Å². The van der Waals surface area contributed by atoms with Gasteiger partial charge in [-0.3, -0.25) is 4.79 Å². The molecule has 8 heteroatoms. The van der Waals surface area contributed by atoms with Crippen LogP contribution in [0, 0.1) is 0 Å². The van der Waals surface area contributed by atoms with Gasteiger partial charge in [-0.2, -0.15) is 8.78 Å². The fraction of sp³-hybridized carbons (Fsp3) is 0.500. The number of likely N-dealkylation sites (N-methyl/N-ethyl adjacent to an activating group) is 1. The van der Waals surface area contributed by atoms with E-state index in [1.54, 1.807) is 0 Å². The van der Waals surface area contributed by atoms with Crippen molar-refractivity contribution in [2.24, 2.45) is 0 Å². The van der Waals surface area contributed by atoms with Crippen LogP contribution in [-0.2, 0) is 21.1 Å². The van der Waals surface area contributed by atoms with Crippen LogP contribution in [0.1, 0.15) is 19.4 Å². The molecule has 0 aliphatic rings. The van der Waals surface area contributed by atoms with E-state index in [1.165, 1.54) is 12.1 Å². The first-order chi connectivity index (χ1) is 10.3. The van der Waals surface area contributed by atoms with E-state index in [0.717, 1.165) is 18.7 Å². The third-order valence-electron chi connectivity index (χ3n) is 3.01. The van der Waals surface area contributed by atoms with Gasteiger partial charge in [-0.25, -0.2) is 8.42 Å². The van der Waals surface area contributed by atoms with Gasteiger partial charge in [-0.15, -0.1) is 0 Å². The van der Waals surface area contributed by atoms with Gasteiger partial charge in [-0.1, -0.05) is 19.1 Å². The molecule has 1 aromatic rings. The Morgan fingerprint density at radius 3 is 2.32 bits per heavy atom. The fourth-order valence-electron chi connectivity index (χ4n) is 1.84. The summed E-state index contributed by atoms with van der Waals surface area (Å²) < 4.78 is 47.3. The second kappa shape index (κ2) is 8.19. The maximum atomic E-state index is 12.4. The molecular weight excluding hydrogens is 314 g/mol. The van der Waals surface area contributed by atoms with Gasteiger partial charge in [-0.05, 0) is 31.2 Å². The van der Waals surface area contributed by atoms with Crippen molar-refractivity contribution in [1.82, 2.24) is 10.6 Å². The van der Waals surface area contributed by atoms with Crippen LogP contribution in [0.3, 0.4) is 0 Å². The minimum Gasteiger partial charge on any atom is -0.354 e. The number of hydrogen-bond acceptors (Lipinski definition) is 4. The average molecular weight is 334 g/mol. The first-order valence-electron chi connectivity index (χ1n) is 6.88. The van der Waals surface area contributed by atoms with Crippen molar-refractivity contribution in [1.29, 1.82) is 0 Å². The summed E-state index contributed by atoms with van der Waals surface area (Å²) in [5.41, 5.74) is 0.557. The van der Waals surface area contributed by atoms with Gasteiger partial charge in [0.2, 0.25) is 15.7 Å². The van der Waals surface area contributed by atoms with Crippen LogP contribution in [0.15, 0.2) is 29.2 Å². The molecule has 1 aromatic carbocycles. The van der Waals surface area contributed by atoms with E-state index in [9.17, 15) is 22.0 Å². The third-order valence-corrected chi connectivity index (χ3v) is 4.41. The SMILES string of the molecule is CCN[C@H](C)CNC(=O)Cc1ccc(S(=O)(=O)C(F)F)cc1. The number of carbonyl (C=O) groups is 1. The van der Waals surface area contributed by atoms with E-state index in [4.69, 9.17) is 0 Å². The molecule has 0 bridgehead atoms. The summed E-state index contributed by atoms with van der Waals surface area (Å²) in [6.07, 6.45) is 0.0633. The predicted octanol–water partition coefficient (Wildman–Crippen LogP) is 1.34. The first kappa shape index (κ1) is 18.5. The topological polar surface area (TPSA) is 75.3 Å². The lowest BCUT2D eigenvalue weighted by molar-refractivity contribution is -0.120. The number of alkyl halides is 2. The molecule has 0 saturated heterocycles. The van der Waals surface area contributed by atoms with Crippen molar-refractivity contribution < 1.29 is 22.0 Å². The highest BCUT2D eigenvalue weighted by molar-refractivity contribution is 7.91. The summed E-state index contributed by atoms with van der Waals surface area (Å²) in [6.45, 7) is 5.18. The highest BCUT2D eigenvalue weighted by Crippen LogP contribution is 2.18. The largest absolute Gasteiger partial charge is 0.354 e. The number of rotatable bonds is 8. The molecule has 0 fully saturated rings. The molecule has 22 heavy (non-hydrogen) atoms. The number of carbonyl (C=O) groups excluding carboxylic acids is 1. The predicted molar refractivity (Wildman–Crippen MR) is 79.5 cm³/mol. The van der Waals surface area contributed by atoms with Crippen LogP contribution < -0.4 is 10.6 Å². The minimum atomic E-state index is -4.59. The fourth-order valence-corrected chi connectivity index (χ4v) is 2.56. The third kappa shape index (κ3) is 5.34. The summed E-state index contributed by atoms with van der Waals surface area (Å²) in [4.78, 5) is 11.3. The molecular formula is C14H20F2N2O3S. The van der Waals surface area contributed by atoms with Crippen molar-refractivity contribution >= 4 is 15.7 Å². The standard InChI is InChI=1S/C14H20F2N2O3S/c1-3-17-10(2)9-18-13(19)8-11-4-6-12(7-5-11)22(20,21)14(15)16/h4-7,10,14,17H,3,8-9H2,1-2H3,(H,18,19)/t10-/m1/s1. The summed E-state index contributed by atoms with van der Waals surface area (Å²) in [7, 11) is -4.59. The Morgan fingerprint density at radius 1 is 1.23 bits per heavy atom. The molecule has 0 radical (unpaired) electrons. The van der Waals surface area contributed by atoms with Gasteiger partial charge >= 0.3 is 5.76 Å². The molecule has 0 saturated carbocycles. The Labute approximate surface area is 129 Å². The zero-order valence-electron chi connectivity index (χ0n) is 12.5. The molecule has 0 unspecified atom stereocenters. The molecule has 0 aliphatic heterocycles. The van der Waals surface area contributed by atoms with Crippen molar-refractivity contribution in [2.75, 3.05) is 13.1 Å². The number of nitrogens with one attached hydrogen (secondary N) is 2. The van der Waals surface area contributed by atoms with Crippen molar-refractivity contribution in [3.63, 3.8) is 0 Å². The van der Waals surface area contributed by atoms with E-state index >= 15 is 0 Å². The van der Waals surface area contributed by atoms with Crippen LogP contribution in [0.2, 0.25) is 0 Å². The lowest BCUT2D eigenvalue weighted by Gasteiger charge is -2.13. The lowest BCUT2D eigenvalue weighted by atomic mass is 10.1. The van der Waals surface area contributed by atoms with Crippen molar-refractivity contribution in [3.05, 3.63) is 29.8 Å². The molecule has 5 nitrogen and oxygen atoms in total. The molecule has 0 heterocycles. The summed E-state index contributed by atoms with van der Waals surface area (Å²) >= 11 is 0. The van der Waals surface area contributed by atoms with Gasteiger partial charge in [0, 0.05) is 12.6 Å². The molecule has 1 amide bonds. The van der Waals surface area contributed by atoms with Crippen LogP contribution >= 0.6 is 0 Å². The molecule has 0 aromatic heterocycles. The van der Waals surface area contributed by atoms with Crippen molar-refractivity contribution in [2.45, 2.75) is 37.0 Å². The first-order valence-corrected chi connectivity index (χ1v) is 8.43. The Hall–Kier alpha value is -1.54. The highest BCUT2D eigenvalue weighted by atomic mass is 32.2. The van der Waals surface area contributed by atoms with Gasteiger partial charge < -0.3 is 10.6 Å². The molecule has 2 N–H and O–H groups in total. The quantitative estimate of drug-likeness (QED) is 0.752. The van der Waals surface area contributed by atoms with Crippen LogP contribution in [0.25, 0.3) is 0 Å². The second-order valence-corrected chi connectivity index (χ2v) is 6.81. The van der Waals surface area contributed by atoms with E-state index < -0.39 is 20.5 Å². The zero-order valence-corrected chi connectivity index (χ0v) is 13.3. The second-order valence-electron chi connectivity index (χ2n) is 4.89. The van der Waals surface area contributed by atoms with Gasteiger partial charge in [0.1, 0.15) is 0 Å². The van der Waals surface area contributed by atoms with Crippen LogP contribution in [0.4, 0.5) is 8.78 Å². The molecule has 1 rings (SSSR count). The Balaban J connectivity index is 2.60.